The van der Waals surface area contributed by atoms with Gasteiger partial charge in [0.05, 0.1) is 12.1 Å². The number of carboxylic acid groups (broad SMARTS) is 2. The fourth-order valence-corrected chi connectivity index (χ4v) is 2.20. The van der Waals surface area contributed by atoms with Crippen LogP contribution in [0.3, 0.4) is 0 Å². The summed E-state index contributed by atoms with van der Waals surface area (Å²) in [4.78, 5) is 27.9. The lowest BCUT2D eigenvalue weighted by Gasteiger charge is -2.09. The molecule has 0 atom stereocenters. The molecule has 0 saturated heterocycles. The number of aromatic nitrogens is 2. The molecule has 2 aromatic rings. The van der Waals surface area contributed by atoms with Gasteiger partial charge < -0.3 is 10.2 Å². The molecule has 1 heterocycles. The lowest BCUT2D eigenvalue weighted by Crippen LogP contribution is -2.01. The third-order valence-corrected chi connectivity index (χ3v) is 3.06. The van der Waals surface area contributed by atoms with Gasteiger partial charge in [0.25, 0.3) is 6.47 Å². The molecule has 23 heavy (non-hydrogen) atoms. The number of nitrogens with zero attached hydrogens (tertiary/aromatic N) is 2. The molecule has 0 amide bonds. The van der Waals surface area contributed by atoms with E-state index < -0.39 is 5.97 Å². The highest BCUT2D eigenvalue weighted by molar-refractivity contribution is 5.72. The highest BCUT2D eigenvalue weighted by atomic mass is 16.4. The molecule has 6 nitrogen and oxygen atoms in total. The number of hydrogen-bond acceptors (Lipinski definition) is 4. The third-order valence-electron chi connectivity index (χ3n) is 3.06. The van der Waals surface area contributed by atoms with Crippen molar-refractivity contribution in [2.45, 2.75) is 33.1 Å². The average Bonchev–Trinajstić information content (AvgIpc) is 2.50. The Morgan fingerprint density at radius 1 is 1.35 bits per heavy atom. The Bertz CT molecular complexity index is 671. The maximum absolute atomic E-state index is 10.8. The Balaban J connectivity index is 0.000000816. The first-order chi connectivity index (χ1) is 11.0. The molecule has 6 heteroatoms. The van der Waals surface area contributed by atoms with E-state index in [0.29, 0.717) is 0 Å². The van der Waals surface area contributed by atoms with E-state index in [1.165, 1.54) is 0 Å². The summed E-state index contributed by atoms with van der Waals surface area (Å²) in [5.41, 5.74) is 3.75. The Hall–Kier alpha value is -2.76. The quantitative estimate of drug-likeness (QED) is 0.823. The number of hydrogen-bond donors (Lipinski definition) is 2. The van der Waals surface area contributed by atoms with Gasteiger partial charge in [-0.3, -0.25) is 9.59 Å². The minimum Gasteiger partial charge on any atom is -0.483 e. The zero-order chi connectivity index (χ0) is 17.2. The molecule has 0 unspecified atom stereocenters. The second-order valence-corrected chi connectivity index (χ2v) is 4.92. The molecule has 2 N–H and O–H groups in total. The van der Waals surface area contributed by atoms with Crippen LogP contribution in [0.2, 0.25) is 0 Å². The van der Waals surface area contributed by atoms with Crippen molar-refractivity contribution in [2.75, 3.05) is 0 Å². The summed E-state index contributed by atoms with van der Waals surface area (Å²) in [6.45, 7) is 3.73. The highest BCUT2D eigenvalue weighted by Crippen LogP contribution is 2.23. The number of carbonyl (C=O) groups is 2. The van der Waals surface area contributed by atoms with Crippen molar-refractivity contribution in [3.05, 3.63) is 47.4 Å². The van der Waals surface area contributed by atoms with Crippen molar-refractivity contribution in [3.8, 4) is 11.3 Å². The van der Waals surface area contributed by atoms with E-state index in [2.05, 4.69) is 16.9 Å². The standard InChI is InChI=1S/C16H18N2O2.CH2O2/c1-3-5-14-10-17-11(2)18-16(14)13-7-4-6-12(8-13)9-15(19)20;2-1-3/h4,6-8,10H,3,5,9H2,1-2H3,(H,19,20);1H,(H,2,3). The molecular formula is C17H20N2O4. The number of aryl methyl sites for hydroxylation is 2. The zero-order valence-corrected chi connectivity index (χ0v) is 13.2. The van der Waals surface area contributed by atoms with Crippen LogP contribution in [-0.2, 0) is 22.4 Å². The molecular weight excluding hydrogens is 296 g/mol. The van der Waals surface area contributed by atoms with Crippen molar-refractivity contribution in [3.63, 3.8) is 0 Å². The van der Waals surface area contributed by atoms with Gasteiger partial charge in [0.1, 0.15) is 5.82 Å². The molecule has 0 saturated carbocycles. The Kier molecular flexibility index (Phi) is 7.39. The molecule has 1 aromatic carbocycles. The molecule has 0 aliphatic rings. The van der Waals surface area contributed by atoms with Crippen molar-refractivity contribution in [1.29, 1.82) is 0 Å². The van der Waals surface area contributed by atoms with E-state index in [1.54, 1.807) is 0 Å². The predicted molar refractivity (Wildman–Crippen MR) is 86.2 cm³/mol. The largest absolute Gasteiger partial charge is 0.483 e. The first kappa shape index (κ1) is 18.3. The van der Waals surface area contributed by atoms with Crippen LogP contribution in [0.25, 0.3) is 11.3 Å². The van der Waals surface area contributed by atoms with Gasteiger partial charge in [-0.2, -0.15) is 0 Å². The molecule has 122 valence electrons. The van der Waals surface area contributed by atoms with Gasteiger partial charge >= 0.3 is 5.97 Å². The summed E-state index contributed by atoms with van der Waals surface area (Å²) >= 11 is 0. The third kappa shape index (κ3) is 5.86. The van der Waals surface area contributed by atoms with Gasteiger partial charge in [-0.25, -0.2) is 9.97 Å². The van der Waals surface area contributed by atoms with E-state index in [9.17, 15) is 4.79 Å². The van der Waals surface area contributed by atoms with Gasteiger partial charge in [-0.1, -0.05) is 31.5 Å². The van der Waals surface area contributed by atoms with Gasteiger partial charge in [-0.15, -0.1) is 0 Å². The minimum absolute atomic E-state index is 0.0288. The van der Waals surface area contributed by atoms with Crippen LogP contribution in [0.4, 0.5) is 0 Å². The van der Waals surface area contributed by atoms with E-state index >= 15 is 0 Å². The molecule has 0 aliphatic heterocycles. The summed E-state index contributed by atoms with van der Waals surface area (Å²) in [7, 11) is 0. The van der Waals surface area contributed by atoms with Crippen LogP contribution in [0.5, 0.6) is 0 Å². The van der Waals surface area contributed by atoms with Gasteiger partial charge in [-0.05, 0) is 30.5 Å². The molecule has 0 fully saturated rings. The lowest BCUT2D eigenvalue weighted by molar-refractivity contribution is -0.136. The maximum atomic E-state index is 10.8. The number of carboxylic acids is 1. The fraction of sp³-hybridized carbons (Fsp3) is 0.294. The van der Waals surface area contributed by atoms with Crippen LogP contribution >= 0.6 is 0 Å². The Labute approximate surface area is 134 Å². The molecule has 1 aromatic heterocycles. The zero-order valence-electron chi connectivity index (χ0n) is 13.2. The first-order valence-corrected chi connectivity index (χ1v) is 7.23. The summed E-state index contributed by atoms with van der Waals surface area (Å²) in [5.74, 6) is -0.0988. The normalized spacial score (nSPS) is 9.65. The number of aliphatic carboxylic acids is 1. The van der Waals surface area contributed by atoms with Crippen LogP contribution < -0.4 is 0 Å². The van der Waals surface area contributed by atoms with Crippen molar-refractivity contribution >= 4 is 12.4 Å². The van der Waals surface area contributed by atoms with Gasteiger partial charge in [0.15, 0.2) is 0 Å². The minimum atomic E-state index is -0.824. The van der Waals surface area contributed by atoms with Gasteiger partial charge in [0, 0.05) is 11.8 Å². The first-order valence-electron chi connectivity index (χ1n) is 7.23. The van der Waals surface area contributed by atoms with Crippen LogP contribution in [0.1, 0.15) is 30.3 Å². The monoisotopic (exact) mass is 316 g/mol. The molecule has 0 radical (unpaired) electrons. The average molecular weight is 316 g/mol. The fourth-order valence-electron chi connectivity index (χ4n) is 2.20. The molecule has 0 bridgehead atoms. The van der Waals surface area contributed by atoms with E-state index in [0.717, 1.165) is 41.1 Å². The highest BCUT2D eigenvalue weighted by Gasteiger charge is 2.09. The smallest absolute Gasteiger partial charge is 0.307 e. The molecule has 0 spiro atoms. The molecule has 2 rings (SSSR count). The topological polar surface area (TPSA) is 100 Å². The van der Waals surface area contributed by atoms with E-state index in [1.807, 2.05) is 37.4 Å². The van der Waals surface area contributed by atoms with Crippen molar-refractivity contribution in [1.82, 2.24) is 9.97 Å². The summed E-state index contributed by atoms with van der Waals surface area (Å²) in [6.07, 6.45) is 3.83. The van der Waals surface area contributed by atoms with Crippen LogP contribution in [-0.4, -0.2) is 32.6 Å². The summed E-state index contributed by atoms with van der Waals surface area (Å²) in [5, 5.41) is 15.8. The number of benzene rings is 1. The van der Waals surface area contributed by atoms with E-state index in [-0.39, 0.29) is 12.9 Å². The van der Waals surface area contributed by atoms with Crippen LogP contribution in [0, 0.1) is 6.92 Å². The molecule has 0 aliphatic carbocycles. The van der Waals surface area contributed by atoms with Crippen LogP contribution in [0.15, 0.2) is 30.5 Å². The second-order valence-electron chi connectivity index (χ2n) is 4.92. The summed E-state index contributed by atoms with van der Waals surface area (Å²) in [6, 6.07) is 7.56. The van der Waals surface area contributed by atoms with Gasteiger partial charge in [0.2, 0.25) is 0 Å². The summed E-state index contributed by atoms with van der Waals surface area (Å²) < 4.78 is 0. The lowest BCUT2D eigenvalue weighted by atomic mass is 10.0. The number of rotatable bonds is 5. The maximum Gasteiger partial charge on any atom is 0.307 e. The second kappa shape index (κ2) is 9.30. The van der Waals surface area contributed by atoms with E-state index in [4.69, 9.17) is 15.0 Å². The van der Waals surface area contributed by atoms with Crippen molar-refractivity contribution in [2.24, 2.45) is 0 Å². The predicted octanol–water partition coefficient (Wildman–Crippen LogP) is 2.73. The van der Waals surface area contributed by atoms with Crippen molar-refractivity contribution < 1.29 is 19.8 Å². The Morgan fingerprint density at radius 3 is 2.65 bits per heavy atom. The SMILES string of the molecule is CCCc1cnc(C)nc1-c1cccc(CC(=O)O)c1.O=CO. The Morgan fingerprint density at radius 2 is 2.04 bits per heavy atom.